The second kappa shape index (κ2) is 11.4. The minimum absolute atomic E-state index is 0.00261. The molecule has 8 nitrogen and oxygen atoms in total. The molecule has 2 aromatic rings. The molecular weight excluding hydrogens is 448 g/mol. The molecule has 0 radical (unpaired) electrons. The Hall–Kier alpha value is -3.39. The van der Waals surface area contributed by atoms with Crippen LogP contribution >= 0.6 is 0 Å². The van der Waals surface area contributed by atoms with Gasteiger partial charge in [0.25, 0.3) is 0 Å². The second-order valence-electron chi connectivity index (χ2n) is 9.19. The van der Waals surface area contributed by atoms with Crippen molar-refractivity contribution >= 4 is 18.0 Å². The van der Waals surface area contributed by atoms with Gasteiger partial charge in [0.2, 0.25) is 5.91 Å². The van der Waals surface area contributed by atoms with Crippen LogP contribution in [0.2, 0.25) is 0 Å². The Kier molecular flexibility index (Phi) is 8.02. The lowest BCUT2D eigenvalue weighted by Gasteiger charge is -2.36. The molecule has 1 aliphatic heterocycles. The molecule has 35 heavy (non-hydrogen) atoms. The number of amides is 2. The minimum atomic E-state index is -0.960. The average molecular weight is 481 g/mol. The van der Waals surface area contributed by atoms with Crippen molar-refractivity contribution in [3.8, 4) is 11.1 Å². The molecule has 2 unspecified atom stereocenters. The van der Waals surface area contributed by atoms with Crippen LogP contribution in [0.4, 0.5) is 4.79 Å². The number of alkyl carbamates (subject to hydrolysis) is 1. The molecule has 0 saturated carbocycles. The summed E-state index contributed by atoms with van der Waals surface area (Å²) in [5.74, 6) is -0.880. The van der Waals surface area contributed by atoms with Gasteiger partial charge in [-0.15, -0.1) is 0 Å². The molecule has 2 aliphatic rings. The number of carbonyl (C=O) groups is 3. The van der Waals surface area contributed by atoms with E-state index in [1.807, 2.05) is 31.2 Å². The zero-order valence-corrected chi connectivity index (χ0v) is 19.9. The minimum Gasteiger partial charge on any atom is -0.480 e. The van der Waals surface area contributed by atoms with Gasteiger partial charge in [0.15, 0.2) is 0 Å². The van der Waals surface area contributed by atoms with Crippen molar-refractivity contribution in [1.29, 1.82) is 0 Å². The maximum atomic E-state index is 12.4. The predicted octanol–water partition coefficient (Wildman–Crippen LogP) is 3.64. The lowest BCUT2D eigenvalue weighted by Crippen LogP contribution is -2.50. The second-order valence-corrected chi connectivity index (χ2v) is 9.19. The highest BCUT2D eigenvalue weighted by molar-refractivity contribution is 5.84. The highest BCUT2D eigenvalue weighted by atomic mass is 16.5. The molecule has 0 aromatic heterocycles. The number of hydrogen-bond donors (Lipinski definition) is 2. The van der Waals surface area contributed by atoms with Crippen molar-refractivity contribution in [3.63, 3.8) is 0 Å². The summed E-state index contributed by atoms with van der Waals surface area (Å²) in [6, 6.07) is 15.6. The van der Waals surface area contributed by atoms with Gasteiger partial charge in [-0.25, -0.2) is 9.59 Å². The summed E-state index contributed by atoms with van der Waals surface area (Å²) < 4.78 is 11.0. The zero-order valence-electron chi connectivity index (χ0n) is 19.9. The van der Waals surface area contributed by atoms with Crippen LogP contribution < -0.4 is 5.32 Å². The Morgan fingerprint density at radius 3 is 2.34 bits per heavy atom. The van der Waals surface area contributed by atoms with Crippen LogP contribution in [0.3, 0.4) is 0 Å². The lowest BCUT2D eigenvalue weighted by molar-refractivity contribution is -0.153. The van der Waals surface area contributed by atoms with E-state index < -0.39 is 18.1 Å². The van der Waals surface area contributed by atoms with E-state index in [2.05, 4.69) is 29.6 Å². The van der Waals surface area contributed by atoms with E-state index in [-0.39, 0.29) is 44.6 Å². The van der Waals surface area contributed by atoms with Gasteiger partial charge < -0.3 is 24.8 Å². The Morgan fingerprint density at radius 1 is 1.03 bits per heavy atom. The molecule has 1 heterocycles. The Labute approximate surface area is 205 Å². The first kappa shape index (κ1) is 24.7. The number of nitrogens with zero attached hydrogens (tertiary/aromatic N) is 1. The lowest BCUT2D eigenvalue weighted by atomic mass is 9.92. The predicted molar refractivity (Wildman–Crippen MR) is 130 cm³/mol. The molecule has 2 aromatic carbocycles. The molecule has 4 rings (SSSR count). The molecule has 186 valence electrons. The summed E-state index contributed by atoms with van der Waals surface area (Å²) in [6.07, 6.45) is 0.883. The van der Waals surface area contributed by atoms with Crippen LogP contribution in [0, 0.1) is 5.92 Å². The molecule has 0 bridgehead atoms. The van der Waals surface area contributed by atoms with E-state index in [1.54, 1.807) is 0 Å². The number of carboxylic acid groups (broad SMARTS) is 1. The highest BCUT2D eigenvalue weighted by Gasteiger charge is 2.34. The number of benzene rings is 2. The number of carboxylic acids is 1. The Balaban J connectivity index is 1.15. The van der Waals surface area contributed by atoms with Crippen molar-refractivity contribution in [2.24, 2.45) is 5.92 Å². The number of likely N-dealkylation sites (tertiary alicyclic amines) is 1. The topological polar surface area (TPSA) is 105 Å². The SMILES string of the molecule is CC1CCN(C(=O)CCOCCNC(=O)OCC2c3ccccc3-c3ccccc32)C(C(=O)O)C1. The van der Waals surface area contributed by atoms with Crippen LogP contribution in [0.15, 0.2) is 48.5 Å². The van der Waals surface area contributed by atoms with E-state index in [4.69, 9.17) is 9.47 Å². The third-order valence-corrected chi connectivity index (χ3v) is 6.79. The first-order chi connectivity index (χ1) is 17.0. The molecule has 0 spiro atoms. The van der Waals surface area contributed by atoms with E-state index in [0.29, 0.717) is 18.9 Å². The monoisotopic (exact) mass is 480 g/mol. The number of aliphatic carboxylic acids is 1. The molecule has 2 amide bonds. The fraction of sp³-hybridized carbons (Fsp3) is 0.444. The van der Waals surface area contributed by atoms with E-state index in [0.717, 1.165) is 17.5 Å². The van der Waals surface area contributed by atoms with Gasteiger partial charge >= 0.3 is 12.1 Å². The molecule has 1 fully saturated rings. The van der Waals surface area contributed by atoms with Gasteiger partial charge in [-0.3, -0.25) is 4.79 Å². The highest BCUT2D eigenvalue weighted by Crippen LogP contribution is 2.44. The number of rotatable bonds is 9. The number of piperidine rings is 1. The molecule has 8 heteroatoms. The van der Waals surface area contributed by atoms with Gasteiger partial charge in [0.1, 0.15) is 12.6 Å². The maximum Gasteiger partial charge on any atom is 0.407 e. The fourth-order valence-electron chi connectivity index (χ4n) is 4.95. The Bertz CT molecular complexity index is 1030. The number of ether oxygens (including phenoxy) is 2. The quantitative estimate of drug-likeness (QED) is 0.531. The fourth-order valence-corrected chi connectivity index (χ4v) is 4.95. The molecule has 2 N–H and O–H groups in total. The molecule has 1 saturated heterocycles. The number of hydrogen-bond acceptors (Lipinski definition) is 5. The number of nitrogens with one attached hydrogen (secondary N) is 1. The van der Waals surface area contributed by atoms with Crippen molar-refractivity contribution in [2.45, 2.75) is 38.1 Å². The van der Waals surface area contributed by atoms with E-state index in [1.165, 1.54) is 16.0 Å². The first-order valence-electron chi connectivity index (χ1n) is 12.1. The third kappa shape index (κ3) is 5.82. The van der Waals surface area contributed by atoms with Crippen molar-refractivity contribution in [1.82, 2.24) is 10.2 Å². The van der Waals surface area contributed by atoms with Crippen LogP contribution in [-0.4, -0.2) is 66.9 Å². The van der Waals surface area contributed by atoms with Crippen LogP contribution in [0.25, 0.3) is 11.1 Å². The van der Waals surface area contributed by atoms with E-state index in [9.17, 15) is 19.5 Å². The van der Waals surface area contributed by atoms with Gasteiger partial charge in [0.05, 0.1) is 19.6 Å². The summed E-state index contributed by atoms with van der Waals surface area (Å²) in [5, 5.41) is 12.1. The van der Waals surface area contributed by atoms with Crippen molar-refractivity contribution in [2.75, 3.05) is 32.9 Å². The zero-order chi connectivity index (χ0) is 24.8. The molecule has 1 aliphatic carbocycles. The van der Waals surface area contributed by atoms with Gasteiger partial charge in [-0.1, -0.05) is 55.5 Å². The average Bonchev–Trinajstić information content (AvgIpc) is 3.18. The summed E-state index contributed by atoms with van der Waals surface area (Å²) in [5.41, 5.74) is 4.66. The summed E-state index contributed by atoms with van der Waals surface area (Å²) in [7, 11) is 0. The van der Waals surface area contributed by atoms with Gasteiger partial charge in [0, 0.05) is 19.0 Å². The Morgan fingerprint density at radius 2 is 1.69 bits per heavy atom. The molecular formula is C27H32N2O6. The summed E-state index contributed by atoms with van der Waals surface area (Å²) in [4.78, 5) is 37.6. The largest absolute Gasteiger partial charge is 0.480 e. The third-order valence-electron chi connectivity index (χ3n) is 6.79. The number of fused-ring (bicyclic) bond motifs is 3. The van der Waals surface area contributed by atoms with Gasteiger partial charge in [-0.05, 0) is 41.0 Å². The summed E-state index contributed by atoms with van der Waals surface area (Å²) >= 11 is 0. The van der Waals surface area contributed by atoms with Crippen molar-refractivity contribution in [3.05, 3.63) is 59.7 Å². The van der Waals surface area contributed by atoms with Crippen molar-refractivity contribution < 1.29 is 29.0 Å². The van der Waals surface area contributed by atoms with Crippen LogP contribution in [-0.2, 0) is 19.1 Å². The summed E-state index contributed by atoms with van der Waals surface area (Å²) in [6.45, 7) is 3.36. The van der Waals surface area contributed by atoms with E-state index >= 15 is 0 Å². The van der Waals surface area contributed by atoms with Gasteiger partial charge in [-0.2, -0.15) is 0 Å². The number of carbonyl (C=O) groups excluding carboxylic acids is 2. The maximum absolute atomic E-state index is 12.4. The standard InChI is InChI=1S/C27H32N2O6/c1-18-10-13-29(24(16-18)26(31)32)25(30)11-14-34-15-12-28-27(33)35-17-23-21-8-4-2-6-19(21)20-7-3-5-9-22(20)23/h2-9,18,23-24H,10-17H2,1H3,(H,28,33)(H,31,32). The molecule has 2 atom stereocenters. The normalized spacial score (nSPS) is 19.1. The smallest absolute Gasteiger partial charge is 0.407 e. The first-order valence-corrected chi connectivity index (χ1v) is 12.1. The van der Waals surface area contributed by atoms with Crippen LogP contribution in [0.1, 0.15) is 43.2 Å². The van der Waals surface area contributed by atoms with Crippen LogP contribution in [0.5, 0.6) is 0 Å².